The molecule has 0 aliphatic carbocycles. The molecule has 0 saturated carbocycles. The fourth-order valence-electron chi connectivity index (χ4n) is 2.84. The Morgan fingerprint density at radius 2 is 1.68 bits per heavy atom. The van der Waals surface area contributed by atoms with Crippen molar-refractivity contribution < 1.29 is 17.6 Å². The molecule has 0 atom stereocenters. The number of aryl methyl sites for hydroxylation is 1. The predicted octanol–water partition coefficient (Wildman–Crippen LogP) is 7.30. The van der Waals surface area contributed by atoms with Gasteiger partial charge >= 0.3 is 0 Å². The molecule has 0 unspecified atom stereocenters. The molecule has 0 amide bonds. The van der Waals surface area contributed by atoms with Crippen LogP contribution in [0.2, 0.25) is 0 Å². The minimum absolute atomic E-state index is 0.0810. The average Bonchev–Trinajstić information content (AvgIpc) is 2.71. The predicted molar refractivity (Wildman–Crippen MR) is 122 cm³/mol. The Bertz CT molecular complexity index is 999. The largest absolute Gasteiger partial charge is 0.381 e. The summed E-state index contributed by atoms with van der Waals surface area (Å²) in [4.78, 5) is 0. The standard InChI is InChI=1S/C17H17F2N.C9H10F2/c1-6-12-9-10-14(15(11-12)17(4,18)19)13(7-2)16(8-3)20-5;1-7-4-3-5-8(6-7)9(2,10)11/h3,6-7,9-11,20H,1-2H2,4-5H3;3-6H,1-2H3/b16-13+;. The van der Waals surface area contributed by atoms with E-state index in [2.05, 4.69) is 24.4 Å². The van der Waals surface area contributed by atoms with Gasteiger partial charge in [0.25, 0.3) is 11.8 Å². The second kappa shape index (κ2) is 10.7. The first-order valence-electron chi connectivity index (χ1n) is 9.50. The van der Waals surface area contributed by atoms with Crippen LogP contribution in [0.5, 0.6) is 0 Å². The van der Waals surface area contributed by atoms with Gasteiger partial charge in [0.05, 0.1) is 5.70 Å². The van der Waals surface area contributed by atoms with Gasteiger partial charge < -0.3 is 5.32 Å². The number of halogens is 4. The van der Waals surface area contributed by atoms with Gasteiger partial charge in [-0.15, -0.1) is 6.42 Å². The summed E-state index contributed by atoms with van der Waals surface area (Å²) in [5.74, 6) is -3.27. The summed E-state index contributed by atoms with van der Waals surface area (Å²) in [6.07, 6.45) is 8.39. The highest BCUT2D eigenvalue weighted by Gasteiger charge is 2.29. The number of hydrogen-bond donors (Lipinski definition) is 1. The Balaban J connectivity index is 0.000000367. The molecule has 0 aromatic heterocycles. The number of allylic oxidation sites excluding steroid dienone is 3. The first-order chi connectivity index (χ1) is 14.4. The third-order valence-electron chi connectivity index (χ3n) is 4.44. The summed E-state index contributed by atoms with van der Waals surface area (Å²) in [6.45, 7) is 10.8. The van der Waals surface area contributed by atoms with Crippen molar-refractivity contribution in [2.75, 3.05) is 7.05 Å². The van der Waals surface area contributed by atoms with Gasteiger partial charge in [-0.3, -0.25) is 0 Å². The van der Waals surface area contributed by atoms with E-state index in [4.69, 9.17) is 6.42 Å². The van der Waals surface area contributed by atoms with Crippen LogP contribution >= 0.6 is 0 Å². The molecule has 2 rings (SSSR count). The first kappa shape index (κ1) is 25.8. The minimum Gasteiger partial charge on any atom is -0.381 e. The average molecular weight is 430 g/mol. The van der Waals surface area contributed by atoms with Crippen LogP contribution in [0.4, 0.5) is 17.6 Å². The SMILES string of the molecule is C#C/C(NC)=C(/C=C)c1ccc(C=C)cc1C(C)(F)F.Cc1cccc(C(C)(F)F)c1. The zero-order chi connectivity index (χ0) is 23.8. The van der Waals surface area contributed by atoms with E-state index in [1.165, 1.54) is 30.4 Å². The Labute approximate surface area is 182 Å². The van der Waals surface area contributed by atoms with Crippen LogP contribution in [0, 0.1) is 19.3 Å². The quantitative estimate of drug-likeness (QED) is 0.289. The second-order valence-electron chi connectivity index (χ2n) is 7.04. The molecule has 0 fully saturated rings. The Kier molecular flexibility index (Phi) is 8.88. The van der Waals surface area contributed by atoms with Crippen molar-refractivity contribution in [3.05, 3.63) is 95.2 Å². The van der Waals surface area contributed by atoms with Crippen LogP contribution in [0.1, 0.15) is 41.7 Å². The number of nitrogens with one attached hydrogen (secondary N) is 1. The Morgan fingerprint density at radius 3 is 2.06 bits per heavy atom. The Morgan fingerprint density at radius 1 is 1.03 bits per heavy atom. The van der Waals surface area contributed by atoms with Gasteiger partial charge in [0, 0.05) is 37.6 Å². The molecule has 0 radical (unpaired) electrons. The molecule has 1 nitrogen and oxygen atoms in total. The monoisotopic (exact) mass is 429 g/mol. The lowest BCUT2D eigenvalue weighted by molar-refractivity contribution is 0.0166. The summed E-state index contributed by atoms with van der Waals surface area (Å²) < 4.78 is 52.9. The molecule has 0 heterocycles. The van der Waals surface area contributed by atoms with Crippen LogP contribution in [0.3, 0.4) is 0 Å². The van der Waals surface area contributed by atoms with Crippen LogP contribution in [0.25, 0.3) is 11.6 Å². The lowest BCUT2D eigenvalue weighted by atomic mass is 9.93. The number of terminal acetylenes is 1. The molecule has 0 bridgehead atoms. The highest BCUT2D eigenvalue weighted by molar-refractivity contribution is 5.81. The molecule has 2 aromatic rings. The van der Waals surface area contributed by atoms with Gasteiger partial charge in [-0.1, -0.05) is 73.2 Å². The smallest absolute Gasteiger partial charge is 0.271 e. The lowest BCUT2D eigenvalue weighted by Gasteiger charge is -2.18. The van der Waals surface area contributed by atoms with E-state index in [9.17, 15) is 17.6 Å². The van der Waals surface area contributed by atoms with Gasteiger partial charge in [0.2, 0.25) is 0 Å². The maximum atomic E-state index is 13.8. The maximum Gasteiger partial charge on any atom is 0.271 e. The van der Waals surface area contributed by atoms with Gasteiger partial charge in [-0.05, 0) is 24.1 Å². The lowest BCUT2D eigenvalue weighted by Crippen LogP contribution is -2.13. The highest BCUT2D eigenvalue weighted by Crippen LogP contribution is 2.35. The fraction of sp³-hybridized carbons (Fsp3) is 0.231. The van der Waals surface area contributed by atoms with Crippen molar-refractivity contribution >= 4 is 11.6 Å². The summed E-state index contributed by atoms with van der Waals surface area (Å²) >= 11 is 0. The zero-order valence-electron chi connectivity index (χ0n) is 18.2. The molecular weight excluding hydrogens is 402 g/mol. The molecule has 164 valence electrons. The summed E-state index contributed by atoms with van der Waals surface area (Å²) in [6, 6.07) is 11.1. The van der Waals surface area contributed by atoms with Crippen molar-refractivity contribution in [2.45, 2.75) is 32.6 Å². The summed E-state index contributed by atoms with van der Waals surface area (Å²) in [5.41, 5.74) is 2.72. The number of rotatable bonds is 6. The molecule has 1 N–H and O–H groups in total. The van der Waals surface area contributed by atoms with E-state index in [1.54, 1.807) is 38.2 Å². The van der Waals surface area contributed by atoms with Crippen LogP contribution in [0.15, 0.2) is 67.4 Å². The van der Waals surface area contributed by atoms with E-state index >= 15 is 0 Å². The van der Waals surface area contributed by atoms with E-state index in [0.717, 1.165) is 19.4 Å². The van der Waals surface area contributed by atoms with E-state index in [-0.39, 0.29) is 11.1 Å². The molecule has 0 spiro atoms. The third kappa shape index (κ3) is 7.18. The third-order valence-corrected chi connectivity index (χ3v) is 4.44. The molecular formula is C26H27F4N. The van der Waals surface area contributed by atoms with Gasteiger partial charge in [0.15, 0.2) is 0 Å². The van der Waals surface area contributed by atoms with Crippen molar-refractivity contribution in [1.82, 2.24) is 5.32 Å². The Hall–Kier alpha value is -3.26. The van der Waals surface area contributed by atoms with Crippen LogP contribution in [-0.2, 0) is 11.8 Å². The minimum atomic E-state index is -2.99. The molecule has 2 aromatic carbocycles. The van der Waals surface area contributed by atoms with Gasteiger partial charge in [-0.25, -0.2) is 17.6 Å². The molecule has 31 heavy (non-hydrogen) atoms. The van der Waals surface area contributed by atoms with E-state index in [1.807, 2.05) is 0 Å². The maximum absolute atomic E-state index is 13.8. The van der Waals surface area contributed by atoms with Crippen molar-refractivity contribution in [2.24, 2.45) is 0 Å². The zero-order valence-corrected chi connectivity index (χ0v) is 18.2. The molecule has 0 aliphatic rings. The van der Waals surface area contributed by atoms with Crippen molar-refractivity contribution in [3.8, 4) is 12.3 Å². The highest BCUT2D eigenvalue weighted by atomic mass is 19.3. The van der Waals surface area contributed by atoms with E-state index < -0.39 is 11.8 Å². The molecule has 0 saturated heterocycles. The number of benzene rings is 2. The van der Waals surface area contributed by atoms with Crippen molar-refractivity contribution in [3.63, 3.8) is 0 Å². The van der Waals surface area contributed by atoms with Crippen molar-refractivity contribution in [1.29, 1.82) is 0 Å². The normalized spacial score (nSPS) is 12.0. The van der Waals surface area contributed by atoms with Crippen LogP contribution in [-0.4, -0.2) is 7.05 Å². The first-order valence-corrected chi connectivity index (χ1v) is 9.50. The summed E-state index contributed by atoms with van der Waals surface area (Å²) in [7, 11) is 1.64. The molecule has 5 heteroatoms. The second-order valence-corrected chi connectivity index (χ2v) is 7.04. The van der Waals surface area contributed by atoms with Gasteiger partial charge in [-0.2, -0.15) is 0 Å². The summed E-state index contributed by atoms with van der Waals surface area (Å²) in [5, 5.41) is 2.82. The van der Waals surface area contributed by atoms with Gasteiger partial charge in [0.1, 0.15) is 0 Å². The topological polar surface area (TPSA) is 12.0 Å². The number of alkyl halides is 4. The fourth-order valence-corrected chi connectivity index (χ4v) is 2.84. The molecule has 0 aliphatic heterocycles. The number of hydrogen-bond acceptors (Lipinski definition) is 1. The van der Waals surface area contributed by atoms with Crippen LogP contribution < -0.4 is 5.32 Å². The van der Waals surface area contributed by atoms with E-state index in [0.29, 0.717) is 22.4 Å².